The van der Waals surface area contributed by atoms with Gasteiger partial charge in [0.2, 0.25) is 0 Å². The number of thioether (sulfide) groups is 1. The summed E-state index contributed by atoms with van der Waals surface area (Å²) in [7, 11) is 0. The van der Waals surface area contributed by atoms with Crippen molar-refractivity contribution < 1.29 is 0 Å². The minimum atomic E-state index is 0.229. The maximum Gasteiger partial charge on any atom is 0.117 e. The highest BCUT2D eigenvalue weighted by atomic mass is 32.2. The molecular weight excluding hydrogens is 244 g/mol. The average molecular weight is 260 g/mol. The Bertz CT molecular complexity index is 550. The SMILES string of the molecule is CCC(CC(=N)N)Sc1ncnc2ccccc12. The van der Waals surface area contributed by atoms with Gasteiger partial charge in [-0.25, -0.2) is 9.97 Å². The van der Waals surface area contributed by atoms with Gasteiger partial charge in [-0.2, -0.15) is 0 Å². The molecule has 1 aromatic heterocycles. The quantitative estimate of drug-likeness (QED) is 0.375. The number of hydrogen-bond acceptors (Lipinski definition) is 4. The van der Waals surface area contributed by atoms with Gasteiger partial charge in [-0.15, -0.1) is 11.8 Å². The van der Waals surface area contributed by atoms with Crippen LogP contribution in [-0.2, 0) is 0 Å². The third-order valence-electron chi connectivity index (χ3n) is 2.69. The molecule has 0 radical (unpaired) electrons. The van der Waals surface area contributed by atoms with Crippen molar-refractivity contribution in [2.45, 2.75) is 30.0 Å². The summed E-state index contributed by atoms with van der Waals surface area (Å²) in [6.07, 6.45) is 3.15. The second kappa shape index (κ2) is 5.82. The summed E-state index contributed by atoms with van der Waals surface area (Å²) < 4.78 is 0. The fourth-order valence-electron chi connectivity index (χ4n) is 1.75. The average Bonchev–Trinajstić information content (AvgIpc) is 2.38. The molecule has 0 spiro atoms. The van der Waals surface area contributed by atoms with E-state index in [-0.39, 0.29) is 5.84 Å². The molecule has 94 valence electrons. The van der Waals surface area contributed by atoms with Gasteiger partial charge in [-0.3, -0.25) is 5.41 Å². The van der Waals surface area contributed by atoms with Crippen molar-refractivity contribution in [3.8, 4) is 0 Å². The minimum Gasteiger partial charge on any atom is -0.388 e. The zero-order valence-electron chi connectivity index (χ0n) is 10.3. The summed E-state index contributed by atoms with van der Waals surface area (Å²) in [6.45, 7) is 2.10. The number of nitrogens with one attached hydrogen (secondary N) is 1. The number of para-hydroxylation sites is 1. The van der Waals surface area contributed by atoms with E-state index in [1.165, 1.54) is 0 Å². The van der Waals surface area contributed by atoms with Crippen molar-refractivity contribution in [3.05, 3.63) is 30.6 Å². The number of benzene rings is 1. The number of hydrogen-bond donors (Lipinski definition) is 2. The van der Waals surface area contributed by atoms with Crippen LogP contribution >= 0.6 is 11.8 Å². The number of fused-ring (bicyclic) bond motifs is 1. The van der Waals surface area contributed by atoms with Crippen molar-refractivity contribution in [2.75, 3.05) is 0 Å². The van der Waals surface area contributed by atoms with Crippen LogP contribution < -0.4 is 5.73 Å². The molecule has 2 rings (SSSR count). The first-order valence-electron chi connectivity index (χ1n) is 5.90. The Morgan fingerprint density at radius 3 is 2.89 bits per heavy atom. The molecule has 4 nitrogen and oxygen atoms in total. The van der Waals surface area contributed by atoms with Crippen LogP contribution in [0.25, 0.3) is 10.9 Å². The molecule has 1 atom stereocenters. The van der Waals surface area contributed by atoms with Gasteiger partial charge in [0.1, 0.15) is 11.4 Å². The van der Waals surface area contributed by atoms with E-state index in [2.05, 4.69) is 16.9 Å². The lowest BCUT2D eigenvalue weighted by atomic mass is 10.2. The summed E-state index contributed by atoms with van der Waals surface area (Å²) in [6, 6.07) is 7.96. The van der Waals surface area contributed by atoms with Crippen LogP contribution in [0.2, 0.25) is 0 Å². The normalized spacial score (nSPS) is 12.5. The third kappa shape index (κ3) is 2.98. The fourth-order valence-corrected chi connectivity index (χ4v) is 2.90. The summed E-state index contributed by atoms with van der Waals surface area (Å²) in [5.41, 5.74) is 6.42. The molecule has 0 aliphatic carbocycles. The molecule has 3 N–H and O–H groups in total. The van der Waals surface area contributed by atoms with E-state index in [1.807, 2.05) is 24.3 Å². The van der Waals surface area contributed by atoms with Crippen LogP contribution in [0.1, 0.15) is 19.8 Å². The molecule has 1 unspecified atom stereocenters. The van der Waals surface area contributed by atoms with Gasteiger partial charge in [0, 0.05) is 17.1 Å². The van der Waals surface area contributed by atoms with Crippen LogP contribution in [0.4, 0.5) is 0 Å². The maximum absolute atomic E-state index is 7.39. The molecule has 0 aliphatic rings. The van der Waals surface area contributed by atoms with Gasteiger partial charge < -0.3 is 5.73 Å². The first-order chi connectivity index (χ1) is 8.70. The molecule has 2 aromatic rings. The van der Waals surface area contributed by atoms with Crippen molar-refractivity contribution in [2.24, 2.45) is 5.73 Å². The number of nitrogens with two attached hydrogens (primary N) is 1. The largest absolute Gasteiger partial charge is 0.388 e. The lowest BCUT2D eigenvalue weighted by molar-refractivity contribution is 0.846. The third-order valence-corrected chi connectivity index (χ3v) is 4.07. The van der Waals surface area contributed by atoms with Crippen molar-refractivity contribution >= 4 is 28.5 Å². The van der Waals surface area contributed by atoms with E-state index in [0.29, 0.717) is 11.7 Å². The Balaban J connectivity index is 2.27. The van der Waals surface area contributed by atoms with E-state index in [0.717, 1.165) is 22.3 Å². The molecule has 1 heterocycles. The molecule has 0 aliphatic heterocycles. The highest BCUT2D eigenvalue weighted by molar-refractivity contribution is 8.00. The van der Waals surface area contributed by atoms with Gasteiger partial charge in [0.05, 0.1) is 11.4 Å². The topological polar surface area (TPSA) is 75.7 Å². The van der Waals surface area contributed by atoms with E-state index >= 15 is 0 Å². The molecule has 5 heteroatoms. The fraction of sp³-hybridized carbons (Fsp3) is 0.308. The van der Waals surface area contributed by atoms with Crippen molar-refractivity contribution in [3.63, 3.8) is 0 Å². The number of aromatic nitrogens is 2. The van der Waals surface area contributed by atoms with Crippen molar-refractivity contribution in [1.82, 2.24) is 9.97 Å². The molecule has 0 fully saturated rings. The Hall–Kier alpha value is -1.62. The van der Waals surface area contributed by atoms with E-state index in [4.69, 9.17) is 11.1 Å². The van der Waals surface area contributed by atoms with E-state index in [1.54, 1.807) is 18.1 Å². The van der Waals surface area contributed by atoms with Crippen LogP contribution in [0.15, 0.2) is 35.6 Å². The standard InChI is InChI=1S/C13H16N4S/c1-2-9(7-12(14)15)18-13-10-5-3-4-6-11(10)16-8-17-13/h3-6,8-9H,2,7H2,1H3,(H3,14,15). The van der Waals surface area contributed by atoms with Gasteiger partial charge >= 0.3 is 0 Å². The monoisotopic (exact) mass is 260 g/mol. The van der Waals surface area contributed by atoms with Crippen LogP contribution in [0, 0.1) is 5.41 Å². The predicted octanol–water partition coefficient (Wildman–Crippen LogP) is 2.83. The summed E-state index contributed by atoms with van der Waals surface area (Å²) in [5, 5.41) is 9.71. The van der Waals surface area contributed by atoms with Gasteiger partial charge in [0.25, 0.3) is 0 Å². The Labute approximate surface area is 111 Å². The maximum atomic E-state index is 7.39. The number of nitrogens with zero attached hydrogens (tertiary/aromatic N) is 2. The van der Waals surface area contributed by atoms with Gasteiger partial charge in [0.15, 0.2) is 0 Å². The molecule has 0 amide bonds. The van der Waals surface area contributed by atoms with Gasteiger partial charge in [-0.1, -0.05) is 25.1 Å². The van der Waals surface area contributed by atoms with Gasteiger partial charge in [-0.05, 0) is 12.5 Å². The second-order valence-electron chi connectivity index (χ2n) is 4.07. The summed E-state index contributed by atoms with van der Waals surface area (Å²) in [5.74, 6) is 0.229. The number of rotatable bonds is 5. The molecule has 0 bridgehead atoms. The highest BCUT2D eigenvalue weighted by Crippen LogP contribution is 2.30. The molecular formula is C13H16N4S. The first kappa shape index (κ1) is 12.8. The summed E-state index contributed by atoms with van der Waals surface area (Å²) in [4.78, 5) is 8.59. The number of amidine groups is 1. The van der Waals surface area contributed by atoms with E-state index in [9.17, 15) is 0 Å². The first-order valence-corrected chi connectivity index (χ1v) is 6.78. The second-order valence-corrected chi connectivity index (χ2v) is 5.36. The zero-order chi connectivity index (χ0) is 13.0. The molecule has 0 saturated carbocycles. The predicted molar refractivity (Wildman–Crippen MR) is 76.0 cm³/mol. The highest BCUT2D eigenvalue weighted by Gasteiger charge is 2.13. The lowest BCUT2D eigenvalue weighted by Crippen LogP contribution is -2.16. The van der Waals surface area contributed by atoms with Crippen LogP contribution in [0.5, 0.6) is 0 Å². The van der Waals surface area contributed by atoms with Crippen molar-refractivity contribution in [1.29, 1.82) is 5.41 Å². The summed E-state index contributed by atoms with van der Waals surface area (Å²) >= 11 is 1.67. The minimum absolute atomic E-state index is 0.229. The van der Waals surface area contributed by atoms with Crippen LogP contribution in [-0.4, -0.2) is 21.1 Å². The molecule has 0 saturated heterocycles. The Morgan fingerprint density at radius 2 is 2.17 bits per heavy atom. The molecule has 1 aromatic carbocycles. The molecule has 18 heavy (non-hydrogen) atoms. The Morgan fingerprint density at radius 1 is 1.39 bits per heavy atom. The van der Waals surface area contributed by atoms with Crippen LogP contribution in [0.3, 0.4) is 0 Å². The Kier molecular flexibility index (Phi) is 4.15. The van der Waals surface area contributed by atoms with E-state index < -0.39 is 0 Å². The zero-order valence-corrected chi connectivity index (χ0v) is 11.1. The smallest absolute Gasteiger partial charge is 0.117 e. The lowest BCUT2D eigenvalue weighted by Gasteiger charge is -2.13.